The highest BCUT2D eigenvalue weighted by atomic mass is 32.2. The molecule has 0 fully saturated rings. The van der Waals surface area contributed by atoms with E-state index in [2.05, 4.69) is 10.8 Å². The van der Waals surface area contributed by atoms with Crippen molar-refractivity contribution in [3.8, 4) is 0 Å². The van der Waals surface area contributed by atoms with Gasteiger partial charge >= 0.3 is 0 Å². The maximum Gasteiger partial charge on any atom is 0.0844 e. The average Bonchev–Trinajstić information content (AvgIpc) is 1.97. The summed E-state index contributed by atoms with van der Waals surface area (Å²) in [6, 6.07) is 0. The van der Waals surface area contributed by atoms with Crippen LogP contribution >= 0.6 is 0 Å². The normalized spacial score (nSPS) is 15.8. The summed E-state index contributed by atoms with van der Waals surface area (Å²) in [4.78, 5) is 0. The van der Waals surface area contributed by atoms with Gasteiger partial charge in [0.1, 0.15) is 0 Å². The van der Waals surface area contributed by atoms with E-state index in [0.29, 0.717) is 12.8 Å². The minimum atomic E-state index is -2.38. The zero-order valence-corrected chi connectivity index (χ0v) is 7.43. The summed E-state index contributed by atoms with van der Waals surface area (Å²) in [7, 11) is 0. The van der Waals surface area contributed by atoms with Crippen molar-refractivity contribution in [1.82, 2.24) is 0 Å². The molecule has 0 N–H and O–H groups in total. The van der Waals surface area contributed by atoms with Gasteiger partial charge in [-0.1, -0.05) is 13.0 Å². The van der Waals surface area contributed by atoms with Gasteiger partial charge in [-0.2, -0.15) is 0 Å². The number of rotatable bonds is 6. The van der Waals surface area contributed by atoms with Crippen molar-refractivity contribution >= 4 is 11.4 Å². The molecule has 3 nitrogen and oxygen atoms in total. The summed E-state index contributed by atoms with van der Waals surface area (Å²) in [5, 5.41) is 0. The Labute approximate surface area is 69.9 Å². The molecule has 0 saturated heterocycles. The van der Waals surface area contributed by atoms with Crippen LogP contribution in [0.3, 0.4) is 0 Å². The Morgan fingerprint density at radius 1 is 1.82 bits per heavy atom. The van der Waals surface area contributed by atoms with Crippen LogP contribution < -0.4 is 0 Å². The third-order valence-corrected chi connectivity index (χ3v) is 1.79. The van der Waals surface area contributed by atoms with Gasteiger partial charge in [0.25, 0.3) is 0 Å². The zero-order valence-electron chi connectivity index (χ0n) is 6.62. The smallest absolute Gasteiger partial charge is 0.0844 e. The fraction of sp³-hybridized carbons (Fsp3) is 0.714. The van der Waals surface area contributed by atoms with E-state index in [4.69, 9.17) is 0 Å². The molecule has 0 saturated carbocycles. The van der Waals surface area contributed by atoms with Crippen LogP contribution in [0.5, 0.6) is 0 Å². The van der Waals surface area contributed by atoms with Crippen molar-refractivity contribution in [1.29, 1.82) is 0 Å². The third-order valence-electron chi connectivity index (χ3n) is 1.36. The Balaban J connectivity index is 3.57. The van der Waals surface area contributed by atoms with E-state index >= 15 is 0 Å². The van der Waals surface area contributed by atoms with Gasteiger partial charge in [0.05, 0.1) is 17.5 Å². The van der Waals surface area contributed by atoms with Gasteiger partial charge in [-0.3, -0.25) is 4.18 Å². The summed E-state index contributed by atoms with van der Waals surface area (Å²) in [5.74, 6) is 0. The maximum atomic E-state index is 10.1. The number of hydrogen-bond acceptors (Lipinski definition) is 3. The molecule has 66 valence electrons. The number of allylic oxidation sites excluding steroid dienone is 1. The van der Waals surface area contributed by atoms with Gasteiger partial charge in [-0.25, -0.2) is 4.21 Å². The zero-order chi connectivity index (χ0) is 8.69. The molecular weight excluding hydrogens is 164 g/mol. The summed E-state index contributed by atoms with van der Waals surface area (Å²) in [5.41, 5.74) is 0. The first-order valence-electron chi connectivity index (χ1n) is 3.58. The van der Waals surface area contributed by atoms with Crippen LogP contribution in [-0.4, -0.2) is 14.9 Å². The topological polar surface area (TPSA) is 49.4 Å². The first-order valence-corrected chi connectivity index (χ1v) is 4.58. The standard InChI is InChI=1S/C7H14O3S/c1-3-5-6-7(4-2)10-11(8)9/h3,7H,1,4-6H2,2H3,(H,8,9)/p-1. The molecule has 0 aliphatic heterocycles. The van der Waals surface area contributed by atoms with Gasteiger partial charge in [-0.05, 0) is 19.3 Å². The Morgan fingerprint density at radius 2 is 2.45 bits per heavy atom. The molecule has 0 radical (unpaired) electrons. The van der Waals surface area contributed by atoms with Crippen molar-refractivity contribution in [3.63, 3.8) is 0 Å². The van der Waals surface area contributed by atoms with Gasteiger partial charge in [0.2, 0.25) is 0 Å². The largest absolute Gasteiger partial charge is 0.750 e. The molecule has 0 rings (SSSR count). The molecule has 4 heteroatoms. The van der Waals surface area contributed by atoms with E-state index in [1.165, 1.54) is 0 Å². The third kappa shape index (κ3) is 6.22. The molecule has 2 atom stereocenters. The van der Waals surface area contributed by atoms with Crippen molar-refractivity contribution in [2.45, 2.75) is 32.3 Å². The predicted octanol–water partition coefficient (Wildman–Crippen LogP) is 1.54. The van der Waals surface area contributed by atoms with Crippen molar-refractivity contribution in [2.75, 3.05) is 0 Å². The summed E-state index contributed by atoms with van der Waals surface area (Å²) >= 11 is -2.38. The van der Waals surface area contributed by atoms with E-state index in [1.54, 1.807) is 6.08 Å². The fourth-order valence-corrected chi connectivity index (χ4v) is 1.19. The molecule has 0 heterocycles. The number of hydrogen-bond donors (Lipinski definition) is 0. The van der Waals surface area contributed by atoms with Crippen LogP contribution in [0.1, 0.15) is 26.2 Å². The molecule has 0 aromatic carbocycles. The second-order valence-electron chi connectivity index (χ2n) is 2.20. The lowest BCUT2D eigenvalue weighted by molar-refractivity contribution is 0.188. The Morgan fingerprint density at radius 3 is 2.82 bits per heavy atom. The van der Waals surface area contributed by atoms with Crippen molar-refractivity contribution < 1.29 is 12.9 Å². The second-order valence-corrected chi connectivity index (χ2v) is 2.80. The van der Waals surface area contributed by atoms with Crippen molar-refractivity contribution in [2.24, 2.45) is 0 Å². The van der Waals surface area contributed by atoms with E-state index in [1.807, 2.05) is 6.92 Å². The Bertz CT molecular complexity index is 136. The summed E-state index contributed by atoms with van der Waals surface area (Å²) < 4.78 is 24.7. The van der Waals surface area contributed by atoms with Gasteiger partial charge in [0, 0.05) is 0 Å². The molecule has 0 amide bonds. The van der Waals surface area contributed by atoms with Crippen LogP contribution in [0, 0.1) is 0 Å². The van der Waals surface area contributed by atoms with E-state index < -0.39 is 11.4 Å². The van der Waals surface area contributed by atoms with Gasteiger partial charge < -0.3 is 4.55 Å². The van der Waals surface area contributed by atoms with Crippen LogP contribution in [0.4, 0.5) is 0 Å². The first-order chi connectivity index (χ1) is 5.20. The molecule has 0 spiro atoms. The van der Waals surface area contributed by atoms with Gasteiger partial charge in [0.15, 0.2) is 0 Å². The van der Waals surface area contributed by atoms with Gasteiger partial charge in [-0.15, -0.1) is 6.58 Å². The van der Waals surface area contributed by atoms with Crippen molar-refractivity contribution in [3.05, 3.63) is 12.7 Å². The Hall–Kier alpha value is -0.190. The average molecular weight is 177 g/mol. The van der Waals surface area contributed by atoms with Crippen LogP contribution in [-0.2, 0) is 15.5 Å². The van der Waals surface area contributed by atoms with Crippen LogP contribution in [0.25, 0.3) is 0 Å². The monoisotopic (exact) mass is 177 g/mol. The lowest BCUT2D eigenvalue weighted by Crippen LogP contribution is -2.12. The van der Waals surface area contributed by atoms with E-state index in [9.17, 15) is 8.76 Å². The van der Waals surface area contributed by atoms with Crippen LogP contribution in [0.15, 0.2) is 12.7 Å². The molecule has 11 heavy (non-hydrogen) atoms. The molecule has 0 aliphatic rings. The van der Waals surface area contributed by atoms with Crippen LogP contribution in [0.2, 0.25) is 0 Å². The molecule has 0 bridgehead atoms. The summed E-state index contributed by atoms with van der Waals surface area (Å²) in [6.07, 6.45) is 3.77. The molecule has 0 aliphatic carbocycles. The highest BCUT2D eigenvalue weighted by molar-refractivity contribution is 7.74. The van der Waals surface area contributed by atoms with E-state index in [-0.39, 0.29) is 6.10 Å². The highest BCUT2D eigenvalue weighted by Crippen LogP contribution is 2.07. The molecular formula is C7H13O3S-. The SMILES string of the molecule is C=CCCC(CC)OS(=O)[O-]. The quantitative estimate of drug-likeness (QED) is 0.457. The minimum absolute atomic E-state index is 0.189. The summed E-state index contributed by atoms with van der Waals surface area (Å²) in [6.45, 7) is 5.43. The fourth-order valence-electron chi connectivity index (χ4n) is 0.735. The minimum Gasteiger partial charge on any atom is -0.750 e. The second kappa shape index (κ2) is 6.52. The Kier molecular flexibility index (Phi) is 6.40. The molecule has 0 aromatic rings. The molecule has 0 aromatic heterocycles. The predicted molar refractivity (Wildman–Crippen MR) is 43.5 cm³/mol. The maximum absolute atomic E-state index is 10.1. The lowest BCUT2D eigenvalue weighted by atomic mass is 10.1. The first kappa shape index (κ1) is 10.8. The highest BCUT2D eigenvalue weighted by Gasteiger charge is 2.04. The molecule has 2 unspecified atom stereocenters. The van der Waals surface area contributed by atoms with E-state index in [0.717, 1.165) is 6.42 Å². The lowest BCUT2D eigenvalue weighted by Gasteiger charge is -2.15.